The number of hydrogen-bond donors (Lipinski definition) is 2. The Labute approximate surface area is 101 Å². The lowest BCUT2D eigenvalue weighted by Crippen LogP contribution is -2.34. The van der Waals surface area contributed by atoms with E-state index >= 15 is 0 Å². The Bertz CT molecular complexity index is 380. The molecule has 1 rings (SSSR count). The summed E-state index contributed by atoms with van der Waals surface area (Å²) in [4.78, 5) is 0. The Morgan fingerprint density at radius 3 is 2.53 bits per heavy atom. The summed E-state index contributed by atoms with van der Waals surface area (Å²) >= 11 is 0. The second kappa shape index (κ2) is 5.56. The molecule has 1 aromatic rings. The molecule has 0 radical (unpaired) electrons. The molecule has 4 heteroatoms. The standard InChI is InChI=1S/C13H19F2NO/c1-9(16-7-13(2,3)8-17)11-5-4-10(14)6-12(11)15/h4-6,9,16-17H,7-8H2,1-3H3. The van der Waals surface area contributed by atoms with E-state index in [2.05, 4.69) is 5.32 Å². The summed E-state index contributed by atoms with van der Waals surface area (Å²) in [5.74, 6) is -1.12. The maximum Gasteiger partial charge on any atom is 0.130 e. The molecule has 0 bridgehead atoms. The third kappa shape index (κ3) is 4.06. The predicted octanol–water partition coefficient (Wildman–Crippen LogP) is 2.63. The van der Waals surface area contributed by atoms with Crippen LogP contribution in [0.15, 0.2) is 18.2 Å². The third-order valence-corrected chi connectivity index (χ3v) is 2.74. The Morgan fingerprint density at radius 1 is 1.35 bits per heavy atom. The van der Waals surface area contributed by atoms with Crippen LogP contribution in [0.4, 0.5) is 8.78 Å². The van der Waals surface area contributed by atoms with Gasteiger partial charge in [-0.2, -0.15) is 0 Å². The van der Waals surface area contributed by atoms with E-state index in [1.807, 2.05) is 20.8 Å². The minimum absolute atomic E-state index is 0.0542. The Hall–Kier alpha value is -1.00. The van der Waals surface area contributed by atoms with Gasteiger partial charge < -0.3 is 10.4 Å². The van der Waals surface area contributed by atoms with Gasteiger partial charge in [0.25, 0.3) is 0 Å². The highest BCUT2D eigenvalue weighted by Crippen LogP contribution is 2.19. The van der Waals surface area contributed by atoms with Gasteiger partial charge in [0, 0.05) is 36.2 Å². The monoisotopic (exact) mass is 243 g/mol. The first-order chi connectivity index (χ1) is 7.85. The first kappa shape index (κ1) is 14.1. The molecule has 0 aromatic heterocycles. The molecule has 17 heavy (non-hydrogen) atoms. The number of benzene rings is 1. The molecule has 1 unspecified atom stereocenters. The van der Waals surface area contributed by atoms with Crippen LogP contribution in [0.3, 0.4) is 0 Å². The number of hydrogen-bond acceptors (Lipinski definition) is 2. The molecule has 0 saturated heterocycles. The molecule has 0 spiro atoms. The van der Waals surface area contributed by atoms with Gasteiger partial charge in [-0.3, -0.25) is 0 Å². The Kier molecular flexibility index (Phi) is 4.60. The van der Waals surface area contributed by atoms with Gasteiger partial charge in [-0.25, -0.2) is 8.78 Å². The first-order valence-corrected chi connectivity index (χ1v) is 5.65. The normalized spacial score (nSPS) is 13.8. The van der Waals surface area contributed by atoms with E-state index in [-0.39, 0.29) is 18.1 Å². The molecular weight excluding hydrogens is 224 g/mol. The Balaban J connectivity index is 2.67. The number of aliphatic hydroxyl groups is 1. The van der Waals surface area contributed by atoms with E-state index in [0.717, 1.165) is 6.07 Å². The lowest BCUT2D eigenvalue weighted by Gasteiger charge is -2.25. The van der Waals surface area contributed by atoms with Crippen LogP contribution in [0.1, 0.15) is 32.4 Å². The van der Waals surface area contributed by atoms with Gasteiger partial charge >= 0.3 is 0 Å². The van der Waals surface area contributed by atoms with Crippen molar-refractivity contribution >= 4 is 0 Å². The second-order valence-electron chi connectivity index (χ2n) is 5.09. The molecule has 1 aromatic carbocycles. The van der Waals surface area contributed by atoms with Crippen molar-refractivity contribution in [3.8, 4) is 0 Å². The zero-order chi connectivity index (χ0) is 13.1. The quantitative estimate of drug-likeness (QED) is 0.833. The van der Waals surface area contributed by atoms with Gasteiger partial charge in [0.1, 0.15) is 11.6 Å². The average molecular weight is 243 g/mol. The van der Waals surface area contributed by atoms with Gasteiger partial charge in [0.05, 0.1) is 0 Å². The topological polar surface area (TPSA) is 32.3 Å². The van der Waals surface area contributed by atoms with Crippen LogP contribution < -0.4 is 5.32 Å². The summed E-state index contributed by atoms with van der Waals surface area (Å²) in [6, 6.07) is 3.34. The van der Waals surface area contributed by atoms with Crippen LogP contribution in [0.5, 0.6) is 0 Å². The first-order valence-electron chi connectivity index (χ1n) is 5.65. The number of nitrogens with one attached hydrogen (secondary N) is 1. The SMILES string of the molecule is CC(NCC(C)(C)CO)c1ccc(F)cc1F. The van der Waals surface area contributed by atoms with Crippen molar-refractivity contribution in [2.45, 2.75) is 26.8 Å². The van der Waals surface area contributed by atoms with Crippen LogP contribution in [-0.4, -0.2) is 18.3 Å². The molecule has 2 nitrogen and oxygen atoms in total. The second-order valence-corrected chi connectivity index (χ2v) is 5.09. The molecule has 0 aliphatic rings. The van der Waals surface area contributed by atoms with Crippen LogP contribution in [-0.2, 0) is 0 Å². The number of halogens is 2. The van der Waals surface area contributed by atoms with Crippen molar-refractivity contribution in [3.63, 3.8) is 0 Å². The van der Waals surface area contributed by atoms with Crippen LogP contribution >= 0.6 is 0 Å². The summed E-state index contributed by atoms with van der Waals surface area (Å²) in [6.07, 6.45) is 0. The van der Waals surface area contributed by atoms with E-state index in [4.69, 9.17) is 5.11 Å². The van der Waals surface area contributed by atoms with E-state index < -0.39 is 11.6 Å². The number of rotatable bonds is 5. The molecule has 1 atom stereocenters. The average Bonchev–Trinajstić information content (AvgIpc) is 2.26. The summed E-state index contributed by atoms with van der Waals surface area (Å²) in [7, 11) is 0. The maximum absolute atomic E-state index is 13.5. The van der Waals surface area contributed by atoms with Crippen molar-refractivity contribution < 1.29 is 13.9 Å². The smallest absolute Gasteiger partial charge is 0.130 e. The Morgan fingerprint density at radius 2 is 2.00 bits per heavy atom. The zero-order valence-electron chi connectivity index (χ0n) is 10.4. The highest BCUT2D eigenvalue weighted by molar-refractivity contribution is 5.21. The molecule has 96 valence electrons. The minimum atomic E-state index is -0.575. The van der Waals surface area contributed by atoms with Crippen molar-refractivity contribution in [1.82, 2.24) is 5.32 Å². The van der Waals surface area contributed by atoms with Crippen molar-refractivity contribution in [1.29, 1.82) is 0 Å². The fourth-order valence-corrected chi connectivity index (χ4v) is 1.45. The van der Waals surface area contributed by atoms with Gasteiger partial charge in [-0.05, 0) is 13.0 Å². The summed E-state index contributed by atoms with van der Waals surface area (Å²) in [5.41, 5.74) is 0.172. The summed E-state index contributed by atoms with van der Waals surface area (Å²) in [6.45, 7) is 6.24. The van der Waals surface area contributed by atoms with Gasteiger partial charge in [0.15, 0.2) is 0 Å². The minimum Gasteiger partial charge on any atom is -0.396 e. The molecule has 0 heterocycles. The van der Waals surface area contributed by atoms with E-state index in [1.54, 1.807) is 0 Å². The zero-order valence-corrected chi connectivity index (χ0v) is 10.4. The lowest BCUT2D eigenvalue weighted by atomic mass is 9.94. The molecule has 0 amide bonds. The fraction of sp³-hybridized carbons (Fsp3) is 0.538. The molecule has 0 aliphatic carbocycles. The van der Waals surface area contributed by atoms with Gasteiger partial charge in [-0.1, -0.05) is 19.9 Å². The highest BCUT2D eigenvalue weighted by atomic mass is 19.1. The maximum atomic E-state index is 13.5. The fourth-order valence-electron chi connectivity index (χ4n) is 1.45. The van der Waals surface area contributed by atoms with E-state index in [1.165, 1.54) is 12.1 Å². The van der Waals surface area contributed by atoms with Crippen LogP contribution in [0, 0.1) is 17.0 Å². The van der Waals surface area contributed by atoms with Crippen molar-refractivity contribution in [2.75, 3.05) is 13.2 Å². The van der Waals surface area contributed by atoms with Gasteiger partial charge in [0.2, 0.25) is 0 Å². The van der Waals surface area contributed by atoms with Crippen molar-refractivity contribution in [2.24, 2.45) is 5.41 Å². The predicted molar refractivity (Wildman–Crippen MR) is 63.6 cm³/mol. The van der Waals surface area contributed by atoms with E-state index in [0.29, 0.717) is 12.1 Å². The number of aliphatic hydroxyl groups excluding tert-OH is 1. The largest absolute Gasteiger partial charge is 0.396 e. The van der Waals surface area contributed by atoms with Crippen molar-refractivity contribution in [3.05, 3.63) is 35.4 Å². The molecule has 0 fully saturated rings. The van der Waals surface area contributed by atoms with Gasteiger partial charge in [-0.15, -0.1) is 0 Å². The van der Waals surface area contributed by atoms with Crippen LogP contribution in [0.25, 0.3) is 0 Å². The van der Waals surface area contributed by atoms with E-state index in [9.17, 15) is 8.78 Å². The molecular formula is C13H19F2NO. The van der Waals surface area contributed by atoms with Crippen LogP contribution in [0.2, 0.25) is 0 Å². The summed E-state index contributed by atoms with van der Waals surface area (Å²) < 4.78 is 26.2. The molecule has 2 N–H and O–H groups in total. The molecule has 0 saturated carbocycles. The third-order valence-electron chi connectivity index (χ3n) is 2.74. The molecule has 0 aliphatic heterocycles. The highest BCUT2D eigenvalue weighted by Gasteiger charge is 2.19. The lowest BCUT2D eigenvalue weighted by molar-refractivity contribution is 0.153. The summed E-state index contributed by atoms with van der Waals surface area (Å²) in [5, 5.41) is 12.2.